The van der Waals surface area contributed by atoms with Crippen molar-refractivity contribution < 1.29 is 39.6 Å². The molecule has 5 N–H and O–H groups in total. The van der Waals surface area contributed by atoms with Crippen LogP contribution in [0.5, 0.6) is 0 Å². The van der Waals surface area contributed by atoms with E-state index in [1.807, 2.05) is 24.1 Å². The van der Waals surface area contributed by atoms with E-state index in [4.69, 9.17) is 0 Å². The zero-order valence-corrected chi connectivity index (χ0v) is 22.5. The van der Waals surface area contributed by atoms with Gasteiger partial charge in [-0.1, -0.05) is 12.1 Å². The highest BCUT2D eigenvalue weighted by Crippen LogP contribution is 2.16. The van der Waals surface area contributed by atoms with E-state index in [0.717, 1.165) is 24.9 Å². The number of aryl methyl sites for hydroxylation is 1. The van der Waals surface area contributed by atoms with E-state index in [2.05, 4.69) is 22.3 Å². The Kier molecular flexibility index (Phi) is 13.6. The number of carboxylic acids is 4. The van der Waals surface area contributed by atoms with E-state index in [-0.39, 0.29) is 25.7 Å². The monoisotopic (exact) mass is 551 g/mol. The van der Waals surface area contributed by atoms with Crippen LogP contribution in [0.3, 0.4) is 0 Å². The number of nitrogens with one attached hydrogen (secondary N) is 1. The summed E-state index contributed by atoms with van der Waals surface area (Å²) in [4.78, 5) is 52.6. The second kappa shape index (κ2) is 16.6. The van der Waals surface area contributed by atoms with Gasteiger partial charge in [0.1, 0.15) is 0 Å². The standard InChI is InChI=1S/C26H41N5O8/c1-27-21-7-5-20(6-8-21)3-2-4-22-15-29(17-24(34)35)10-9-28(16-23(32)33)11-13-31(22)14-12-30(18-25(36)37)19-26(38)39/h5-8,22,27H,2-4,9-19H2,1H3,(H,32,33)(H,34,35)(H,36,37)(H,38,39). The van der Waals surface area contributed by atoms with Crippen LogP contribution in [0, 0.1) is 0 Å². The number of hydrogen-bond donors (Lipinski definition) is 5. The van der Waals surface area contributed by atoms with E-state index >= 15 is 0 Å². The Labute approximate surface area is 228 Å². The Morgan fingerprint density at radius 2 is 1.41 bits per heavy atom. The topological polar surface area (TPSA) is 174 Å². The van der Waals surface area contributed by atoms with Gasteiger partial charge in [-0.15, -0.1) is 0 Å². The van der Waals surface area contributed by atoms with Gasteiger partial charge in [0.2, 0.25) is 0 Å². The Hall–Kier alpha value is -3.26. The Morgan fingerprint density at radius 1 is 0.846 bits per heavy atom. The summed E-state index contributed by atoms with van der Waals surface area (Å²) < 4.78 is 0. The highest BCUT2D eigenvalue weighted by Gasteiger charge is 2.27. The van der Waals surface area contributed by atoms with Gasteiger partial charge < -0.3 is 25.7 Å². The molecule has 2 rings (SSSR count). The van der Waals surface area contributed by atoms with Crippen LogP contribution in [-0.4, -0.2) is 149 Å². The van der Waals surface area contributed by atoms with Crippen molar-refractivity contribution >= 4 is 29.6 Å². The second-order valence-corrected chi connectivity index (χ2v) is 9.83. The number of hydrogen-bond acceptors (Lipinski definition) is 9. The summed E-state index contributed by atoms with van der Waals surface area (Å²) >= 11 is 0. The molecule has 0 aromatic heterocycles. The molecule has 0 spiro atoms. The quantitative estimate of drug-likeness (QED) is 0.186. The maximum absolute atomic E-state index is 11.6. The van der Waals surface area contributed by atoms with E-state index in [1.54, 1.807) is 4.90 Å². The molecular formula is C26H41N5O8. The third kappa shape index (κ3) is 12.9. The summed E-state index contributed by atoms with van der Waals surface area (Å²) in [5.74, 6) is -4.19. The number of aliphatic carboxylic acids is 4. The highest BCUT2D eigenvalue weighted by atomic mass is 16.4. The van der Waals surface area contributed by atoms with Crippen molar-refractivity contribution in [1.29, 1.82) is 0 Å². The average Bonchev–Trinajstić information content (AvgIpc) is 2.92. The molecule has 1 unspecified atom stereocenters. The lowest BCUT2D eigenvalue weighted by atomic mass is 10.0. The van der Waals surface area contributed by atoms with Crippen LogP contribution in [0.2, 0.25) is 0 Å². The van der Waals surface area contributed by atoms with Crippen LogP contribution in [0.4, 0.5) is 5.69 Å². The van der Waals surface area contributed by atoms with Gasteiger partial charge in [0, 0.05) is 64.6 Å². The van der Waals surface area contributed by atoms with Crippen molar-refractivity contribution in [1.82, 2.24) is 19.6 Å². The van der Waals surface area contributed by atoms with Crippen LogP contribution in [0.1, 0.15) is 18.4 Å². The molecule has 0 radical (unpaired) electrons. The molecule has 0 saturated carbocycles. The normalized spacial score (nSPS) is 17.7. The van der Waals surface area contributed by atoms with Crippen molar-refractivity contribution in [3.63, 3.8) is 0 Å². The van der Waals surface area contributed by atoms with Crippen molar-refractivity contribution in [2.45, 2.75) is 25.3 Å². The lowest BCUT2D eigenvalue weighted by Gasteiger charge is -2.35. The van der Waals surface area contributed by atoms with Gasteiger partial charge in [-0.2, -0.15) is 0 Å². The molecule has 0 bridgehead atoms. The molecule has 1 atom stereocenters. The zero-order chi connectivity index (χ0) is 28.8. The van der Waals surface area contributed by atoms with Crippen molar-refractivity contribution in [3.05, 3.63) is 29.8 Å². The maximum Gasteiger partial charge on any atom is 0.317 e. The highest BCUT2D eigenvalue weighted by molar-refractivity contribution is 5.72. The molecule has 1 heterocycles. The molecule has 1 saturated heterocycles. The first-order valence-corrected chi connectivity index (χ1v) is 13.1. The van der Waals surface area contributed by atoms with Gasteiger partial charge in [-0.05, 0) is 37.0 Å². The smallest absolute Gasteiger partial charge is 0.317 e. The Morgan fingerprint density at radius 3 is 1.97 bits per heavy atom. The molecule has 13 heteroatoms. The number of rotatable bonds is 16. The summed E-state index contributed by atoms with van der Waals surface area (Å²) in [6.07, 6.45) is 2.39. The van der Waals surface area contributed by atoms with Gasteiger partial charge in [-0.25, -0.2) is 0 Å². The van der Waals surface area contributed by atoms with Crippen molar-refractivity contribution in [2.24, 2.45) is 0 Å². The van der Waals surface area contributed by atoms with Gasteiger partial charge in [0.15, 0.2) is 0 Å². The molecule has 1 aromatic carbocycles. The summed E-state index contributed by atoms with van der Waals surface area (Å²) in [5.41, 5.74) is 2.19. The van der Waals surface area contributed by atoms with Crippen LogP contribution in [0.25, 0.3) is 0 Å². The van der Waals surface area contributed by atoms with Gasteiger partial charge in [0.05, 0.1) is 26.2 Å². The third-order valence-electron chi connectivity index (χ3n) is 6.81. The molecule has 13 nitrogen and oxygen atoms in total. The Bertz CT molecular complexity index is 929. The molecule has 0 aliphatic carbocycles. The number of benzene rings is 1. The van der Waals surface area contributed by atoms with Gasteiger partial charge >= 0.3 is 23.9 Å². The van der Waals surface area contributed by atoms with Gasteiger partial charge in [-0.3, -0.25) is 38.8 Å². The fraction of sp³-hybridized carbons (Fsp3) is 0.615. The maximum atomic E-state index is 11.6. The SMILES string of the molecule is CNc1ccc(CCCC2CN(CC(=O)O)CCN(CC(=O)O)CCN2CCN(CC(=O)O)CC(=O)O)cc1. The largest absolute Gasteiger partial charge is 0.480 e. The van der Waals surface area contributed by atoms with E-state index in [1.165, 1.54) is 10.5 Å². The molecule has 0 amide bonds. The first-order valence-electron chi connectivity index (χ1n) is 13.1. The summed E-state index contributed by atoms with van der Waals surface area (Å²) in [7, 11) is 1.86. The molecule has 1 aliphatic heterocycles. The van der Waals surface area contributed by atoms with Crippen molar-refractivity contribution in [3.8, 4) is 0 Å². The van der Waals surface area contributed by atoms with E-state index < -0.39 is 37.0 Å². The lowest BCUT2D eigenvalue weighted by Crippen LogP contribution is -2.49. The summed E-state index contributed by atoms with van der Waals surface area (Å²) in [6.45, 7) is 1.56. The predicted molar refractivity (Wildman–Crippen MR) is 144 cm³/mol. The Balaban J connectivity index is 2.22. The van der Waals surface area contributed by atoms with E-state index in [0.29, 0.717) is 39.3 Å². The number of carboxylic acid groups (broad SMARTS) is 4. The zero-order valence-electron chi connectivity index (χ0n) is 22.5. The number of carbonyl (C=O) groups is 4. The lowest BCUT2D eigenvalue weighted by molar-refractivity contribution is -0.142. The molecular weight excluding hydrogens is 510 g/mol. The minimum atomic E-state index is -1.12. The summed E-state index contributed by atoms with van der Waals surface area (Å²) in [5, 5.41) is 40.4. The van der Waals surface area contributed by atoms with Gasteiger partial charge in [0.25, 0.3) is 0 Å². The molecule has 1 aliphatic rings. The average molecular weight is 552 g/mol. The number of anilines is 1. The third-order valence-corrected chi connectivity index (χ3v) is 6.81. The first-order chi connectivity index (χ1) is 18.5. The fourth-order valence-electron chi connectivity index (χ4n) is 4.85. The number of nitrogens with zero attached hydrogens (tertiary/aromatic N) is 4. The van der Waals surface area contributed by atoms with E-state index in [9.17, 15) is 39.6 Å². The molecule has 39 heavy (non-hydrogen) atoms. The molecule has 1 fully saturated rings. The molecule has 1 aromatic rings. The van der Waals surface area contributed by atoms with Crippen LogP contribution < -0.4 is 5.32 Å². The molecule has 218 valence electrons. The minimum absolute atomic E-state index is 0.0813. The minimum Gasteiger partial charge on any atom is -0.480 e. The summed E-state index contributed by atoms with van der Waals surface area (Å²) in [6, 6.07) is 8.05. The van der Waals surface area contributed by atoms with Crippen LogP contribution in [0.15, 0.2) is 24.3 Å². The first kappa shape index (κ1) is 32.0. The van der Waals surface area contributed by atoms with Crippen LogP contribution in [-0.2, 0) is 25.6 Å². The van der Waals surface area contributed by atoms with Crippen LogP contribution >= 0.6 is 0 Å². The fourth-order valence-corrected chi connectivity index (χ4v) is 4.85. The second-order valence-electron chi connectivity index (χ2n) is 9.83. The predicted octanol–water partition coefficient (Wildman–Crippen LogP) is -0.0204. The van der Waals surface area contributed by atoms with Crippen molar-refractivity contribution in [2.75, 3.05) is 84.4 Å².